The molecule has 1 rings (SSSR count). The van der Waals surface area contributed by atoms with Crippen LogP contribution in [0.4, 0.5) is 0 Å². The molecule has 0 saturated heterocycles. The van der Waals surface area contributed by atoms with E-state index < -0.39 is 26.2 Å². The predicted octanol–water partition coefficient (Wildman–Crippen LogP) is 0.677. The lowest BCUT2D eigenvalue weighted by molar-refractivity contribution is -0.141. The van der Waals surface area contributed by atoms with Gasteiger partial charge in [0.2, 0.25) is 0 Å². The fourth-order valence-corrected chi connectivity index (χ4v) is 2.69. The van der Waals surface area contributed by atoms with Crippen molar-refractivity contribution in [2.24, 2.45) is 5.73 Å². The van der Waals surface area contributed by atoms with Gasteiger partial charge < -0.3 is 15.9 Å². The minimum Gasteiger partial charge on any atom is -0.480 e. The van der Waals surface area contributed by atoms with Gasteiger partial charge in [0.25, 0.3) is 0 Å². The smallest absolute Gasteiger partial charge is 0.323 e. The number of nitrogens with two attached hydrogens (primary N) is 1. The van der Waals surface area contributed by atoms with E-state index in [2.05, 4.69) is 19.6 Å². The monoisotopic (exact) mass is 253 g/mol. The van der Waals surface area contributed by atoms with Gasteiger partial charge in [0, 0.05) is 0 Å². The highest BCUT2D eigenvalue weighted by Crippen LogP contribution is 2.15. The van der Waals surface area contributed by atoms with E-state index in [0.717, 1.165) is 0 Å². The topological polar surface area (TPSA) is 83.5 Å². The van der Waals surface area contributed by atoms with Crippen molar-refractivity contribution in [1.82, 2.24) is 0 Å². The maximum absolute atomic E-state index is 10.7. The number of aliphatic hydroxyl groups excluding tert-OH is 1. The zero-order chi connectivity index (χ0) is 13.2. The second-order valence-electron chi connectivity index (χ2n) is 5.18. The summed E-state index contributed by atoms with van der Waals surface area (Å²) in [5, 5.41) is 19.7. The number of carbonyl (C=O) groups is 1. The van der Waals surface area contributed by atoms with Crippen molar-refractivity contribution in [3.05, 3.63) is 29.8 Å². The van der Waals surface area contributed by atoms with Crippen LogP contribution in [0.5, 0.6) is 0 Å². The van der Waals surface area contributed by atoms with E-state index in [1.807, 2.05) is 12.1 Å². The first kappa shape index (κ1) is 13.9. The maximum Gasteiger partial charge on any atom is 0.323 e. The summed E-state index contributed by atoms with van der Waals surface area (Å²) < 4.78 is 0. The summed E-state index contributed by atoms with van der Waals surface area (Å²) in [6, 6.07) is 6.11. The lowest BCUT2D eigenvalue weighted by atomic mass is 10.0. The summed E-state index contributed by atoms with van der Waals surface area (Å²) in [4.78, 5) is 10.7. The highest BCUT2D eigenvalue weighted by atomic mass is 28.3. The summed E-state index contributed by atoms with van der Waals surface area (Å²) in [5.74, 6) is -1.20. The Morgan fingerprint density at radius 3 is 2.06 bits per heavy atom. The number of hydrogen-bond acceptors (Lipinski definition) is 3. The Kier molecular flexibility index (Phi) is 4.08. The molecule has 0 spiro atoms. The minimum atomic E-state index is -1.37. The first-order valence-corrected chi connectivity index (χ1v) is 9.00. The van der Waals surface area contributed by atoms with Gasteiger partial charge in [-0.3, -0.25) is 4.79 Å². The number of carboxylic acids is 1. The van der Waals surface area contributed by atoms with Gasteiger partial charge in [0.15, 0.2) is 0 Å². The molecule has 0 aliphatic rings. The molecule has 5 heteroatoms. The van der Waals surface area contributed by atoms with Gasteiger partial charge in [0.1, 0.15) is 12.1 Å². The molecule has 0 bridgehead atoms. The van der Waals surface area contributed by atoms with Crippen LogP contribution in [0.25, 0.3) is 0 Å². The molecule has 0 fully saturated rings. The van der Waals surface area contributed by atoms with Gasteiger partial charge >= 0.3 is 5.97 Å². The Morgan fingerprint density at radius 1 is 1.24 bits per heavy atom. The molecule has 1 aromatic carbocycles. The predicted molar refractivity (Wildman–Crippen MR) is 70.0 cm³/mol. The van der Waals surface area contributed by atoms with Crippen molar-refractivity contribution in [2.45, 2.75) is 31.8 Å². The van der Waals surface area contributed by atoms with Crippen LogP contribution in [-0.4, -0.2) is 30.3 Å². The van der Waals surface area contributed by atoms with Crippen molar-refractivity contribution in [2.75, 3.05) is 0 Å². The SMILES string of the molecule is C[Si](C)(C)c1ccc([C@@H](O)[C@H](N)C(=O)O)cc1. The molecule has 0 unspecified atom stereocenters. The fraction of sp³-hybridized carbons (Fsp3) is 0.417. The number of aliphatic carboxylic acids is 1. The molecule has 0 aliphatic carbocycles. The molecule has 17 heavy (non-hydrogen) atoms. The molecule has 4 N–H and O–H groups in total. The summed E-state index contributed by atoms with van der Waals surface area (Å²) in [6.45, 7) is 6.67. The Labute approximate surface area is 102 Å². The molecule has 0 amide bonds. The third-order valence-corrected chi connectivity index (χ3v) is 4.81. The van der Waals surface area contributed by atoms with Gasteiger partial charge in [-0.05, 0) is 5.56 Å². The Bertz CT molecular complexity index is 397. The molecule has 4 nitrogen and oxygen atoms in total. The van der Waals surface area contributed by atoms with Crippen molar-refractivity contribution in [3.63, 3.8) is 0 Å². The molecule has 0 radical (unpaired) electrons. The summed E-state index contributed by atoms with van der Waals surface area (Å²) in [7, 11) is -1.37. The normalized spacial score (nSPS) is 15.4. The van der Waals surface area contributed by atoms with Crippen LogP contribution in [-0.2, 0) is 4.79 Å². The lowest BCUT2D eigenvalue weighted by Gasteiger charge is -2.19. The van der Waals surface area contributed by atoms with Gasteiger partial charge in [0.05, 0.1) is 8.07 Å². The molecule has 94 valence electrons. The molecular formula is C12H19NO3Si. The molecular weight excluding hydrogens is 234 g/mol. The Morgan fingerprint density at radius 2 is 1.71 bits per heavy atom. The average molecular weight is 253 g/mol. The van der Waals surface area contributed by atoms with Crippen molar-refractivity contribution < 1.29 is 15.0 Å². The highest BCUT2D eigenvalue weighted by molar-refractivity contribution is 6.88. The lowest BCUT2D eigenvalue weighted by Crippen LogP contribution is -2.38. The first-order valence-electron chi connectivity index (χ1n) is 5.50. The number of benzene rings is 1. The van der Waals surface area contributed by atoms with Gasteiger partial charge in [-0.2, -0.15) is 0 Å². The largest absolute Gasteiger partial charge is 0.480 e. The van der Waals surface area contributed by atoms with Crippen molar-refractivity contribution in [1.29, 1.82) is 0 Å². The van der Waals surface area contributed by atoms with Crippen LogP contribution in [0.2, 0.25) is 19.6 Å². The average Bonchev–Trinajstić information content (AvgIpc) is 2.26. The van der Waals surface area contributed by atoms with Crippen LogP contribution in [0.3, 0.4) is 0 Å². The van der Waals surface area contributed by atoms with E-state index in [1.165, 1.54) is 5.19 Å². The van der Waals surface area contributed by atoms with E-state index in [1.54, 1.807) is 12.1 Å². The van der Waals surface area contributed by atoms with E-state index >= 15 is 0 Å². The highest BCUT2D eigenvalue weighted by Gasteiger charge is 2.24. The zero-order valence-electron chi connectivity index (χ0n) is 10.3. The van der Waals surface area contributed by atoms with Crippen LogP contribution in [0.15, 0.2) is 24.3 Å². The summed E-state index contributed by atoms with van der Waals surface area (Å²) >= 11 is 0. The van der Waals surface area contributed by atoms with Gasteiger partial charge in [-0.25, -0.2) is 0 Å². The Hall–Kier alpha value is -1.17. The standard InChI is InChI=1S/C12H19NO3Si/c1-17(2,3)9-6-4-8(5-7-9)11(14)10(13)12(15)16/h4-7,10-11,14H,13H2,1-3H3,(H,15,16)/t10-,11+/m0/s1. The Balaban J connectivity index is 2.92. The number of aliphatic hydroxyl groups is 1. The maximum atomic E-state index is 10.7. The second-order valence-corrected chi connectivity index (χ2v) is 10.3. The van der Waals surface area contributed by atoms with Crippen LogP contribution in [0, 0.1) is 0 Å². The van der Waals surface area contributed by atoms with Crippen LogP contribution in [0.1, 0.15) is 11.7 Å². The van der Waals surface area contributed by atoms with Crippen molar-refractivity contribution >= 4 is 19.2 Å². The third-order valence-electron chi connectivity index (χ3n) is 2.74. The molecule has 0 heterocycles. The van der Waals surface area contributed by atoms with Crippen molar-refractivity contribution in [3.8, 4) is 0 Å². The van der Waals surface area contributed by atoms with E-state index in [-0.39, 0.29) is 0 Å². The number of hydrogen-bond donors (Lipinski definition) is 3. The summed E-state index contributed by atoms with van der Waals surface area (Å²) in [5.41, 5.74) is 5.92. The third kappa shape index (κ3) is 3.39. The van der Waals surface area contributed by atoms with Gasteiger partial charge in [-0.1, -0.05) is 49.1 Å². The van der Waals surface area contributed by atoms with Gasteiger partial charge in [-0.15, -0.1) is 0 Å². The molecule has 0 aromatic heterocycles. The minimum absolute atomic E-state index is 0.543. The van der Waals surface area contributed by atoms with Crippen LogP contribution < -0.4 is 10.9 Å². The summed E-state index contributed by atoms with van der Waals surface area (Å²) in [6.07, 6.45) is -1.16. The first-order chi connectivity index (χ1) is 7.73. The molecule has 0 aliphatic heterocycles. The van der Waals surface area contributed by atoms with E-state index in [4.69, 9.17) is 10.8 Å². The zero-order valence-corrected chi connectivity index (χ0v) is 11.3. The number of carboxylic acid groups (broad SMARTS) is 1. The second kappa shape index (κ2) is 4.99. The van der Waals surface area contributed by atoms with Crippen LogP contribution >= 0.6 is 0 Å². The molecule has 0 saturated carbocycles. The van der Waals surface area contributed by atoms with E-state index in [0.29, 0.717) is 5.56 Å². The number of rotatable bonds is 4. The quantitative estimate of drug-likeness (QED) is 0.689. The fourth-order valence-electron chi connectivity index (χ4n) is 1.52. The van der Waals surface area contributed by atoms with E-state index in [9.17, 15) is 9.90 Å². The molecule has 1 aromatic rings. The molecule has 2 atom stereocenters.